The van der Waals surface area contributed by atoms with Gasteiger partial charge in [0.2, 0.25) is 5.91 Å². The first-order valence-electron chi connectivity index (χ1n) is 6.81. The normalized spacial score (nSPS) is 21.1. The summed E-state index contributed by atoms with van der Waals surface area (Å²) in [6.45, 7) is 0. The summed E-state index contributed by atoms with van der Waals surface area (Å²) in [6.07, 6.45) is 1.74. The van der Waals surface area contributed by atoms with Crippen LogP contribution >= 0.6 is 11.8 Å². The number of esters is 1. The largest absolute Gasteiger partial charge is 0.468 e. The van der Waals surface area contributed by atoms with Gasteiger partial charge in [-0.3, -0.25) is 9.69 Å². The first-order chi connectivity index (χ1) is 11.1. The minimum absolute atomic E-state index is 0.00977. The Morgan fingerprint density at radius 1 is 1.61 bits per heavy atom. The molecule has 2 aliphatic rings. The van der Waals surface area contributed by atoms with E-state index in [2.05, 4.69) is 6.07 Å². The van der Waals surface area contributed by atoms with Crippen LogP contribution in [0.1, 0.15) is 18.1 Å². The number of methoxy groups -OCH3 is 1. The van der Waals surface area contributed by atoms with E-state index in [9.17, 15) is 14.9 Å². The van der Waals surface area contributed by atoms with Gasteiger partial charge in [0.25, 0.3) is 0 Å². The van der Waals surface area contributed by atoms with E-state index in [1.807, 2.05) is 0 Å². The second kappa shape index (κ2) is 5.85. The summed E-state index contributed by atoms with van der Waals surface area (Å²) in [5.74, 6) is -0.781. The van der Waals surface area contributed by atoms with Crippen LogP contribution in [0.2, 0.25) is 0 Å². The Labute approximate surface area is 136 Å². The Hall–Kier alpha value is -2.66. The zero-order valence-corrected chi connectivity index (χ0v) is 13.1. The summed E-state index contributed by atoms with van der Waals surface area (Å²) in [6, 6.07) is 5.41. The minimum Gasteiger partial charge on any atom is -0.468 e. The van der Waals surface area contributed by atoms with Gasteiger partial charge in [-0.05, 0) is 12.1 Å². The molecule has 1 fully saturated rings. The molecule has 7 nitrogen and oxygen atoms in total. The minimum atomic E-state index is -0.785. The lowest BCUT2D eigenvalue weighted by Crippen LogP contribution is -2.42. The highest BCUT2D eigenvalue weighted by molar-refractivity contribution is 8.03. The van der Waals surface area contributed by atoms with E-state index in [-0.39, 0.29) is 29.3 Å². The summed E-state index contributed by atoms with van der Waals surface area (Å²) < 4.78 is 10.2. The fraction of sp³-hybridized carbons (Fsp3) is 0.267. The highest BCUT2D eigenvalue weighted by atomic mass is 32.2. The molecule has 1 aromatic heterocycles. The lowest BCUT2D eigenvalue weighted by Gasteiger charge is -2.36. The number of nitrogens with zero attached hydrogens (tertiary/aromatic N) is 2. The number of amides is 1. The average Bonchev–Trinajstić information content (AvgIpc) is 3.08. The van der Waals surface area contributed by atoms with Crippen molar-refractivity contribution in [1.82, 2.24) is 4.90 Å². The smallest absolute Gasteiger partial charge is 0.338 e. The Kier molecular flexibility index (Phi) is 3.88. The van der Waals surface area contributed by atoms with Gasteiger partial charge in [0.1, 0.15) is 11.6 Å². The zero-order valence-electron chi connectivity index (χ0n) is 12.2. The van der Waals surface area contributed by atoms with Gasteiger partial charge in [-0.2, -0.15) is 5.26 Å². The number of ether oxygens (including phenoxy) is 1. The summed E-state index contributed by atoms with van der Waals surface area (Å²) in [4.78, 5) is 25.7. The van der Waals surface area contributed by atoms with Crippen LogP contribution in [0.5, 0.6) is 0 Å². The van der Waals surface area contributed by atoms with Crippen LogP contribution in [-0.2, 0) is 14.3 Å². The molecule has 3 heterocycles. The molecule has 1 aromatic rings. The molecule has 1 amide bonds. The lowest BCUT2D eigenvalue weighted by molar-refractivity contribution is -0.136. The first kappa shape index (κ1) is 15.2. The van der Waals surface area contributed by atoms with Crippen molar-refractivity contribution < 1.29 is 18.7 Å². The topological polar surface area (TPSA) is 110 Å². The number of carbonyl (C=O) groups is 2. The van der Waals surface area contributed by atoms with E-state index in [0.29, 0.717) is 16.5 Å². The number of allylic oxidation sites excluding steroid dienone is 1. The number of thioether (sulfide) groups is 1. The Balaban J connectivity index is 2.26. The third kappa shape index (κ3) is 2.29. The molecule has 8 heteroatoms. The highest BCUT2D eigenvalue weighted by Gasteiger charge is 2.43. The molecule has 2 N–H and O–H groups in total. The summed E-state index contributed by atoms with van der Waals surface area (Å²) >= 11 is 1.36. The maximum Gasteiger partial charge on any atom is 0.338 e. The molecule has 1 saturated heterocycles. The van der Waals surface area contributed by atoms with Crippen molar-refractivity contribution in [3.8, 4) is 6.07 Å². The average molecular weight is 331 g/mol. The zero-order chi connectivity index (χ0) is 16.6. The number of nitrogens with two attached hydrogens (primary N) is 1. The Morgan fingerprint density at radius 2 is 2.39 bits per heavy atom. The predicted molar refractivity (Wildman–Crippen MR) is 81.2 cm³/mol. The molecule has 0 radical (unpaired) electrons. The van der Waals surface area contributed by atoms with Crippen molar-refractivity contribution in [3.63, 3.8) is 0 Å². The molecular formula is C15H13N3O4S. The number of furan rings is 1. The molecule has 3 rings (SSSR count). The molecule has 0 spiro atoms. The molecule has 0 aromatic carbocycles. The molecule has 2 aliphatic heterocycles. The van der Waals surface area contributed by atoms with Gasteiger partial charge in [-0.1, -0.05) is 0 Å². The van der Waals surface area contributed by atoms with Crippen LogP contribution in [0.4, 0.5) is 0 Å². The standard InChI is InChI=1S/C15H13N3O4S/c1-21-15(20)12-11(9-3-2-5-22-9)8(7-16)14-18(13(12)17)10(19)4-6-23-14/h2-3,5,11H,4,6,17H2,1H3. The third-order valence-corrected chi connectivity index (χ3v) is 4.77. The van der Waals surface area contributed by atoms with Crippen LogP contribution in [-0.4, -0.2) is 29.6 Å². The second-order valence-corrected chi connectivity index (χ2v) is 5.98. The molecule has 0 aliphatic carbocycles. The van der Waals surface area contributed by atoms with Gasteiger partial charge in [-0.25, -0.2) is 4.79 Å². The van der Waals surface area contributed by atoms with Crippen molar-refractivity contribution in [2.45, 2.75) is 12.3 Å². The Morgan fingerprint density at radius 3 is 3.00 bits per heavy atom. The van der Waals surface area contributed by atoms with E-state index in [1.165, 1.54) is 30.0 Å². The first-order valence-corrected chi connectivity index (χ1v) is 7.80. The van der Waals surface area contributed by atoms with Crippen LogP contribution in [0.25, 0.3) is 0 Å². The van der Waals surface area contributed by atoms with Crippen molar-refractivity contribution in [1.29, 1.82) is 5.26 Å². The number of rotatable bonds is 2. The van der Waals surface area contributed by atoms with Crippen molar-refractivity contribution in [2.75, 3.05) is 12.9 Å². The van der Waals surface area contributed by atoms with Crippen LogP contribution < -0.4 is 5.73 Å². The number of fused-ring (bicyclic) bond motifs is 1. The van der Waals surface area contributed by atoms with Crippen molar-refractivity contribution in [3.05, 3.63) is 46.2 Å². The molecule has 118 valence electrons. The molecular weight excluding hydrogens is 318 g/mol. The summed E-state index contributed by atoms with van der Waals surface area (Å²) in [5.41, 5.74) is 6.40. The summed E-state index contributed by atoms with van der Waals surface area (Å²) in [5, 5.41) is 10.1. The molecule has 1 unspecified atom stereocenters. The number of carbonyl (C=O) groups excluding carboxylic acids is 2. The van der Waals surface area contributed by atoms with Gasteiger partial charge in [0.05, 0.1) is 41.5 Å². The molecule has 0 saturated carbocycles. The third-order valence-electron chi connectivity index (χ3n) is 3.69. The van der Waals surface area contributed by atoms with Crippen molar-refractivity contribution in [2.24, 2.45) is 5.73 Å². The van der Waals surface area contributed by atoms with Crippen LogP contribution in [0.15, 0.2) is 44.8 Å². The predicted octanol–water partition coefficient (Wildman–Crippen LogP) is 1.42. The molecule has 23 heavy (non-hydrogen) atoms. The highest BCUT2D eigenvalue weighted by Crippen LogP contribution is 2.46. The van der Waals surface area contributed by atoms with E-state index in [0.717, 1.165) is 0 Å². The van der Waals surface area contributed by atoms with Gasteiger partial charge >= 0.3 is 5.97 Å². The van der Waals surface area contributed by atoms with Crippen LogP contribution in [0, 0.1) is 11.3 Å². The monoisotopic (exact) mass is 331 g/mol. The maximum atomic E-state index is 12.2. The van der Waals surface area contributed by atoms with Crippen molar-refractivity contribution >= 4 is 23.6 Å². The van der Waals surface area contributed by atoms with E-state index in [1.54, 1.807) is 12.1 Å². The number of hydrogen-bond acceptors (Lipinski definition) is 7. The van der Waals surface area contributed by atoms with E-state index < -0.39 is 11.9 Å². The van der Waals surface area contributed by atoms with E-state index >= 15 is 0 Å². The molecule has 0 bridgehead atoms. The quantitative estimate of drug-likeness (QED) is 0.816. The van der Waals surface area contributed by atoms with Gasteiger partial charge in [-0.15, -0.1) is 11.8 Å². The summed E-state index contributed by atoms with van der Waals surface area (Å²) in [7, 11) is 1.22. The maximum absolute atomic E-state index is 12.2. The van der Waals surface area contributed by atoms with E-state index in [4.69, 9.17) is 14.9 Å². The molecule has 1 atom stereocenters. The lowest BCUT2D eigenvalue weighted by atomic mass is 9.86. The van der Waals surface area contributed by atoms with Gasteiger partial charge < -0.3 is 14.9 Å². The Bertz CT molecular complexity index is 773. The second-order valence-electron chi connectivity index (χ2n) is 4.90. The fourth-order valence-electron chi connectivity index (χ4n) is 2.69. The fourth-order valence-corrected chi connectivity index (χ4v) is 3.81. The van der Waals surface area contributed by atoms with Gasteiger partial charge in [0, 0.05) is 12.2 Å². The van der Waals surface area contributed by atoms with Crippen LogP contribution in [0.3, 0.4) is 0 Å². The number of hydrogen-bond donors (Lipinski definition) is 1. The van der Waals surface area contributed by atoms with Gasteiger partial charge in [0.15, 0.2) is 0 Å². The SMILES string of the molecule is COC(=O)C1=C(N)N2C(=O)CCSC2=C(C#N)C1c1ccco1. The number of nitriles is 1.